The first kappa shape index (κ1) is 25.9. The number of ether oxygens (including phenoxy) is 1. The Morgan fingerprint density at radius 1 is 1.00 bits per heavy atom. The van der Waals surface area contributed by atoms with Crippen molar-refractivity contribution >= 4 is 34.4 Å². The highest BCUT2D eigenvalue weighted by atomic mass is 32.1. The zero-order chi connectivity index (χ0) is 25.4. The largest absolute Gasteiger partial charge is 0.444 e. The molecule has 3 aromatic rings. The lowest BCUT2D eigenvalue weighted by Gasteiger charge is -2.23. The normalized spacial score (nSPS) is 11.9. The molecule has 35 heavy (non-hydrogen) atoms. The number of anilines is 1. The Morgan fingerprint density at radius 2 is 1.69 bits per heavy atom. The van der Waals surface area contributed by atoms with E-state index in [1.807, 2.05) is 60.0 Å². The van der Waals surface area contributed by atoms with Crippen molar-refractivity contribution in [3.8, 4) is 11.3 Å². The average Bonchev–Trinajstić information content (AvgIpc) is 3.25. The Kier molecular flexibility index (Phi) is 8.59. The maximum atomic E-state index is 13.1. The van der Waals surface area contributed by atoms with Crippen LogP contribution in [0.15, 0.2) is 60.0 Å². The van der Waals surface area contributed by atoms with Gasteiger partial charge in [0.05, 0.1) is 5.69 Å². The first-order chi connectivity index (χ1) is 16.6. The van der Waals surface area contributed by atoms with Gasteiger partial charge in [0.15, 0.2) is 5.13 Å². The van der Waals surface area contributed by atoms with E-state index in [4.69, 9.17) is 4.74 Å². The fourth-order valence-corrected chi connectivity index (χ4v) is 3.91. The highest BCUT2D eigenvalue weighted by molar-refractivity contribution is 7.14. The highest BCUT2D eigenvalue weighted by Gasteiger charge is 2.25. The van der Waals surface area contributed by atoms with Gasteiger partial charge in [0.25, 0.3) is 0 Å². The Labute approximate surface area is 209 Å². The van der Waals surface area contributed by atoms with E-state index in [0.717, 1.165) is 22.4 Å². The van der Waals surface area contributed by atoms with Crippen LogP contribution in [0.1, 0.15) is 38.8 Å². The topological polar surface area (TPSA) is 109 Å². The zero-order valence-electron chi connectivity index (χ0n) is 20.3. The molecule has 0 saturated carbocycles. The van der Waals surface area contributed by atoms with Crippen molar-refractivity contribution in [2.45, 2.75) is 52.3 Å². The van der Waals surface area contributed by atoms with E-state index >= 15 is 0 Å². The van der Waals surface area contributed by atoms with Gasteiger partial charge in [0, 0.05) is 30.8 Å². The third-order valence-corrected chi connectivity index (χ3v) is 5.57. The van der Waals surface area contributed by atoms with Gasteiger partial charge in [-0.1, -0.05) is 54.6 Å². The first-order valence-electron chi connectivity index (χ1n) is 11.2. The van der Waals surface area contributed by atoms with Crippen molar-refractivity contribution in [1.29, 1.82) is 0 Å². The molecule has 3 amide bonds. The molecule has 9 heteroatoms. The Hall–Kier alpha value is -3.72. The highest BCUT2D eigenvalue weighted by Crippen LogP contribution is 2.25. The summed E-state index contributed by atoms with van der Waals surface area (Å²) >= 11 is 1.30. The van der Waals surface area contributed by atoms with Gasteiger partial charge in [0.1, 0.15) is 11.6 Å². The van der Waals surface area contributed by atoms with Crippen molar-refractivity contribution in [3.63, 3.8) is 0 Å². The minimum atomic E-state index is -0.840. The lowest BCUT2D eigenvalue weighted by atomic mass is 10.1. The van der Waals surface area contributed by atoms with Crippen LogP contribution in [0.4, 0.5) is 9.93 Å². The Morgan fingerprint density at radius 3 is 2.31 bits per heavy atom. The predicted molar refractivity (Wildman–Crippen MR) is 137 cm³/mol. The molecule has 1 atom stereocenters. The van der Waals surface area contributed by atoms with Crippen LogP contribution in [0.5, 0.6) is 0 Å². The third-order valence-electron chi connectivity index (χ3n) is 4.82. The molecule has 1 unspecified atom stereocenters. The van der Waals surface area contributed by atoms with Gasteiger partial charge in [0.2, 0.25) is 11.8 Å². The number of nitrogens with zero attached hydrogens (tertiary/aromatic N) is 1. The summed E-state index contributed by atoms with van der Waals surface area (Å²) in [4.78, 5) is 41.1. The second kappa shape index (κ2) is 11.6. The van der Waals surface area contributed by atoms with Crippen molar-refractivity contribution in [2.75, 3.05) is 5.32 Å². The summed E-state index contributed by atoms with van der Waals surface area (Å²) in [5, 5.41) is 10.5. The number of alkyl carbamates (subject to hydrolysis) is 1. The summed E-state index contributed by atoms with van der Waals surface area (Å²) < 4.78 is 5.34. The number of hydrogen-bond acceptors (Lipinski definition) is 6. The molecule has 0 fully saturated rings. The van der Waals surface area contributed by atoms with Crippen LogP contribution in [0.25, 0.3) is 11.3 Å². The van der Waals surface area contributed by atoms with Crippen LogP contribution in [0, 0.1) is 0 Å². The molecular formula is C26H30N4O4S. The van der Waals surface area contributed by atoms with Gasteiger partial charge in [-0.3, -0.25) is 9.59 Å². The maximum absolute atomic E-state index is 13.1. The summed E-state index contributed by atoms with van der Waals surface area (Å²) in [6, 6.07) is 16.3. The maximum Gasteiger partial charge on any atom is 0.408 e. The molecule has 0 aliphatic carbocycles. The van der Waals surface area contributed by atoms with Gasteiger partial charge < -0.3 is 20.7 Å². The molecule has 3 rings (SSSR count). The zero-order valence-corrected chi connectivity index (χ0v) is 21.1. The SMILES string of the molecule is CC(=O)NCc1ccc(-c2csc(NC(=O)C(Cc3ccccc3)NC(=O)OC(C)(C)C)n2)cc1. The van der Waals surface area contributed by atoms with Crippen LogP contribution in [-0.2, 0) is 27.3 Å². The minimum absolute atomic E-state index is 0.0827. The van der Waals surface area contributed by atoms with Gasteiger partial charge in [-0.15, -0.1) is 11.3 Å². The van der Waals surface area contributed by atoms with E-state index in [0.29, 0.717) is 18.1 Å². The number of carbonyl (C=O) groups excluding carboxylic acids is 3. The van der Waals surface area contributed by atoms with Crippen molar-refractivity contribution in [3.05, 3.63) is 71.1 Å². The lowest BCUT2D eigenvalue weighted by Crippen LogP contribution is -2.47. The van der Waals surface area contributed by atoms with Crippen LogP contribution >= 0.6 is 11.3 Å². The fraction of sp³-hybridized carbons (Fsp3) is 0.308. The number of hydrogen-bond donors (Lipinski definition) is 3. The number of benzene rings is 2. The number of amides is 3. The third kappa shape index (κ3) is 8.53. The fourth-order valence-electron chi connectivity index (χ4n) is 3.19. The van der Waals surface area contributed by atoms with E-state index in [1.54, 1.807) is 20.8 Å². The number of nitrogens with one attached hydrogen (secondary N) is 3. The van der Waals surface area contributed by atoms with Crippen LogP contribution in [0.3, 0.4) is 0 Å². The molecule has 0 saturated heterocycles. The number of thiazole rings is 1. The van der Waals surface area contributed by atoms with Crippen LogP contribution in [-0.4, -0.2) is 34.5 Å². The van der Waals surface area contributed by atoms with Gasteiger partial charge in [-0.25, -0.2) is 9.78 Å². The van der Waals surface area contributed by atoms with E-state index in [9.17, 15) is 14.4 Å². The molecule has 3 N–H and O–H groups in total. The number of carbonyl (C=O) groups is 3. The van der Waals surface area contributed by atoms with Crippen molar-refractivity contribution < 1.29 is 19.1 Å². The molecule has 0 aliphatic rings. The molecule has 1 heterocycles. The molecule has 0 radical (unpaired) electrons. The molecule has 2 aromatic carbocycles. The Bertz CT molecular complexity index is 1150. The van der Waals surface area contributed by atoms with Gasteiger partial charge in [-0.2, -0.15) is 0 Å². The van der Waals surface area contributed by atoms with Crippen LogP contribution < -0.4 is 16.0 Å². The van der Waals surface area contributed by atoms with E-state index in [-0.39, 0.29) is 11.8 Å². The monoisotopic (exact) mass is 494 g/mol. The standard InChI is InChI=1S/C26H30N4O4S/c1-17(31)27-15-19-10-12-20(13-11-19)22-16-35-24(28-22)30-23(32)21(14-18-8-6-5-7-9-18)29-25(33)34-26(2,3)4/h5-13,16,21H,14-15H2,1-4H3,(H,27,31)(H,29,33)(H,28,30,32). The molecule has 0 aliphatic heterocycles. The summed E-state index contributed by atoms with van der Waals surface area (Å²) in [5.41, 5.74) is 2.81. The van der Waals surface area contributed by atoms with Crippen molar-refractivity contribution in [1.82, 2.24) is 15.6 Å². The average molecular weight is 495 g/mol. The molecule has 0 bridgehead atoms. The van der Waals surface area contributed by atoms with Gasteiger partial charge >= 0.3 is 6.09 Å². The summed E-state index contributed by atoms with van der Waals surface area (Å²) in [5.74, 6) is -0.466. The quantitative estimate of drug-likeness (QED) is 0.427. The van der Waals surface area contributed by atoms with E-state index < -0.39 is 17.7 Å². The smallest absolute Gasteiger partial charge is 0.408 e. The van der Waals surface area contributed by atoms with E-state index in [1.165, 1.54) is 18.3 Å². The van der Waals surface area contributed by atoms with Gasteiger partial charge in [-0.05, 0) is 31.9 Å². The van der Waals surface area contributed by atoms with E-state index in [2.05, 4.69) is 20.9 Å². The molecule has 184 valence electrons. The summed E-state index contributed by atoms with van der Waals surface area (Å²) in [7, 11) is 0. The molecular weight excluding hydrogens is 464 g/mol. The minimum Gasteiger partial charge on any atom is -0.444 e. The second-order valence-corrected chi connectivity index (χ2v) is 9.88. The predicted octanol–water partition coefficient (Wildman–Crippen LogP) is 4.52. The summed E-state index contributed by atoms with van der Waals surface area (Å²) in [6.07, 6.45) is -0.354. The first-order valence-corrected chi connectivity index (χ1v) is 12.1. The number of aromatic nitrogens is 1. The number of rotatable bonds is 8. The molecule has 0 spiro atoms. The molecule has 8 nitrogen and oxygen atoms in total. The Balaban J connectivity index is 1.69. The molecule has 1 aromatic heterocycles. The lowest BCUT2D eigenvalue weighted by molar-refractivity contribution is -0.119. The van der Waals surface area contributed by atoms with Crippen LogP contribution in [0.2, 0.25) is 0 Å². The second-order valence-electron chi connectivity index (χ2n) is 9.02. The van der Waals surface area contributed by atoms with Crippen molar-refractivity contribution in [2.24, 2.45) is 0 Å². The summed E-state index contributed by atoms with van der Waals surface area (Å²) in [6.45, 7) is 7.24.